The van der Waals surface area contributed by atoms with Gasteiger partial charge in [-0.2, -0.15) is 0 Å². The molecule has 0 saturated carbocycles. The topological polar surface area (TPSA) is 35.2 Å². The lowest BCUT2D eigenvalue weighted by Crippen LogP contribution is -2.14. The predicted octanol–water partition coefficient (Wildman–Crippen LogP) is 4.11. The van der Waals surface area contributed by atoms with Crippen LogP contribution in [0.25, 0.3) is 0 Å². The Morgan fingerprint density at radius 3 is 2.75 bits per heavy atom. The van der Waals surface area contributed by atoms with Crippen molar-refractivity contribution in [3.63, 3.8) is 0 Å². The predicted molar refractivity (Wildman–Crippen MR) is 85.5 cm³/mol. The lowest BCUT2D eigenvalue weighted by atomic mass is 10.1. The Kier molecular flexibility index (Phi) is 4.73. The van der Waals surface area contributed by atoms with E-state index in [-0.39, 0.29) is 17.4 Å². The molecule has 2 aromatic rings. The van der Waals surface area contributed by atoms with Crippen LogP contribution in [0, 0.1) is 12.7 Å². The van der Waals surface area contributed by atoms with Crippen molar-refractivity contribution >= 4 is 33.1 Å². The summed E-state index contributed by atoms with van der Waals surface area (Å²) in [5.41, 5.74) is 7.90. The van der Waals surface area contributed by atoms with Crippen molar-refractivity contribution in [2.75, 3.05) is 0 Å². The molecule has 0 aliphatic rings. The maximum absolute atomic E-state index is 13.2. The molecule has 0 saturated heterocycles. The Balaban J connectivity index is 2.23. The number of rotatable bonds is 4. The third-order valence-electron chi connectivity index (χ3n) is 2.87. The molecule has 0 heterocycles. The first-order valence-electron chi connectivity index (χ1n) is 5.94. The molecule has 0 atom stereocenters. The number of hydrogen-bond acceptors (Lipinski definition) is 2. The summed E-state index contributed by atoms with van der Waals surface area (Å²) in [5.74, 6) is 0.396. The van der Waals surface area contributed by atoms with Gasteiger partial charge in [0.1, 0.15) is 23.2 Å². The third-order valence-corrected chi connectivity index (χ3v) is 3.58. The highest BCUT2D eigenvalue weighted by Crippen LogP contribution is 2.24. The van der Waals surface area contributed by atoms with E-state index in [1.165, 1.54) is 12.1 Å². The minimum atomic E-state index is -0.366. The van der Waals surface area contributed by atoms with Crippen LogP contribution in [0.5, 0.6) is 5.75 Å². The molecule has 104 valence electrons. The number of nitrogens with two attached hydrogens (primary N) is 1. The number of thiocarbonyl (C=S) groups is 1. The van der Waals surface area contributed by atoms with Crippen molar-refractivity contribution in [2.45, 2.75) is 13.5 Å². The highest BCUT2D eigenvalue weighted by molar-refractivity contribution is 9.10. The fourth-order valence-electron chi connectivity index (χ4n) is 1.79. The molecule has 20 heavy (non-hydrogen) atoms. The highest BCUT2D eigenvalue weighted by Gasteiger charge is 2.08. The molecule has 2 aromatic carbocycles. The van der Waals surface area contributed by atoms with E-state index in [1.807, 2.05) is 25.1 Å². The summed E-state index contributed by atoms with van der Waals surface area (Å²) >= 11 is 8.33. The Morgan fingerprint density at radius 2 is 2.05 bits per heavy atom. The number of hydrogen-bond donors (Lipinski definition) is 1. The monoisotopic (exact) mass is 353 g/mol. The van der Waals surface area contributed by atoms with Crippen molar-refractivity contribution in [3.8, 4) is 5.75 Å². The average Bonchev–Trinajstić information content (AvgIpc) is 2.40. The van der Waals surface area contributed by atoms with Gasteiger partial charge in [-0.1, -0.05) is 40.3 Å². The normalized spacial score (nSPS) is 10.3. The average molecular weight is 354 g/mol. The molecule has 0 aliphatic carbocycles. The fraction of sp³-hybridized carbons (Fsp3) is 0.133. The van der Waals surface area contributed by atoms with Crippen molar-refractivity contribution in [1.82, 2.24) is 0 Å². The number of ether oxygens (including phenoxy) is 1. The summed E-state index contributed by atoms with van der Waals surface area (Å²) < 4.78 is 19.9. The minimum absolute atomic E-state index is 0.161. The minimum Gasteiger partial charge on any atom is -0.489 e. The van der Waals surface area contributed by atoms with Crippen LogP contribution in [0.1, 0.15) is 16.7 Å². The van der Waals surface area contributed by atoms with Crippen LogP contribution < -0.4 is 10.5 Å². The largest absolute Gasteiger partial charge is 0.489 e. The molecule has 0 fully saturated rings. The van der Waals surface area contributed by atoms with E-state index in [0.717, 1.165) is 21.3 Å². The number of aryl methyl sites for hydroxylation is 1. The smallest absolute Gasteiger partial charge is 0.123 e. The van der Waals surface area contributed by atoms with Crippen LogP contribution in [0.15, 0.2) is 40.9 Å². The zero-order chi connectivity index (χ0) is 14.7. The molecule has 0 bridgehead atoms. The lowest BCUT2D eigenvalue weighted by molar-refractivity contribution is 0.303. The van der Waals surface area contributed by atoms with Gasteiger partial charge in [-0.15, -0.1) is 0 Å². The van der Waals surface area contributed by atoms with Gasteiger partial charge in [0, 0.05) is 10.0 Å². The molecule has 0 amide bonds. The second-order valence-corrected chi connectivity index (χ2v) is 5.72. The first-order chi connectivity index (χ1) is 9.47. The van der Waals surface area contributed by atoms with Crippen LogP contribution in [0.2, 0.25) is 0 Å². The molecule has 0 spiro atoms. The van der Waals surface area contributed by atoms with Gasteiger partial charge in [-0.25, -0.2) is 4.39 Å². The second kappa shape index (κ2) is 6.33. The molecule has 5 heteroatoms. The fourth-order valence-corrected chi connectivity index (χ4v) is 2.32. The van der Waals surface area contributed by atoms with E-state index in [0.29, 0.717) is 5.56 Å². The Bertz CT molecular complexity index is 660. The molecule has 0 aromatic heterocycles. The maximum atomic E-state index is 13.2. The summed E-state index contributed by atoms with van der Waals surface area (Å²) in [6, 6.07) is 10.1. The van der Waals surface area contributed by atoms with Crippen molar-refractivity contribution in [3.05, 3.63) is 63.4 Å². The van der Waals surface area contributed by atoms with Crippen molar-refractivity contribution in [1.29, 1.82) is 0 Å². The van der Waals surface area contributed by atoms with E-state index < -0.39 is 0 Å². The summed E-state index contributed by atoms with van der Waals surface area (Å²) in [4.78, 5) is 0.161. The van der Waals surface area contributed by atoms with Gasteiger partial charge < -0.3 is 10.5 Å². The number of benzene rings is 2. The molecule has 0 radical (unpaired) electrons. The molecular weight excluding hydrogens is 341 g/mol. The molecule has 2 nitrogen and oxygen atoms in total. The van der Waals surface area contributed by atoms with E-state index in [4.69, 9.17) is 22.7 Å². The molecular formula is C15H13BrFNOS. The molecule has 2 rings (SSSR count). The van der Waals surface area contributed by atoms with Crippen LogP contribution in [0.4, 0.5) is 4.39 Å². The van der Waals surface area contributed by atoms with Crippen LogP contribution in [-0.2, 0) is 6.61 Å². The Labute approximate surface area is 130 Å². The van der Waals surface area contributed by atoms with E-state index in [9.17, 15) is 4.39 Å². The van der Waals surface area contributed by atoms with E-state index in [1.54, 1.807) is 6.07 Å². The van der Waals surface area contributed by atoms with E-state index in [2.05, 4.69) is 15.9 Å². The SMILES string of the molecule is Cc1ccc(Br)cc1OCc1ccc(F)cc1C(N)=S. The number of halogens is 2. The van der Waals surface area contributed by atoms with E-state index >= 15 is 0 Å². The molecule has 0 aliphatic heterocycles. The summed E-state index contributed by atoms with van der Waals surface area (Å²) in [5, 5.41) is 0. The van der Waals surface area contributed by atoms with Crippen LogP contribution in [0.3, 0.4) is 0 Å². The van der Waals surface area contributed by atoms with Gasteiger partial charge in [-0.3, -0.25) is 0 Å². The van der Waals surface area contributed by atoms with Crippen LogP contribution in [-0.4, -0.2) is 4.99 Å². The van der Waals surface area contributed by atoms with Gasteiger partial charge in [-0.05, 0) is 42.3 Å². The van der Waals surface area contributed by atoms with Crippen LogP contribution >= 0.6 is 28.1 Å². The molecule has 0 unspecified atom stereocenters. The highest BCUT2D eigenvalue weighted by atomic mass is 79.9. The van der Waals surface area contributed by atoms with Crippen molar-refractivity contribution in [2.24, 2.45) is 5.73 Å². The Morgan fingerprint density at radius 1 is 1.30 bits per heavy atom. The van der Waals surface area contributed by atoms with Gasteiger partial charge in [0.15, 0.2) is 0 Å². The van der Waals surface area contributed by atoms with Crippen molar-refractivity contribution < 1.29 is 9.13 Å². The maximum Gasteiger partial charge on any atom is 0.123 e. The van der Waals surface area contributed by atoms with Gasteiger partial charge in [0.25, 0.3) is 0 Å². The zero-order valence-electron chi connectivity index (χ0n) is 10.8. The quantitative estimate of drug-likeness (QED) is 0.840. The van der Waals surface area contributed by atoms with Gasteiger partial charge >= 0.3 is 0 Å². The zero-order valence-corrected chi connectivity index (χ0v) is 13.2. The third kappa shape index (κ3) is 3.55. The first kappa shape index (κ1) is 14.9. The summed E-state index contributed by atoms with van der Waals surface area (Å²) in [7, 11) is 0. The summed E-state index contributed by atoms with van der Waals surface area (Å²) in [6.45, 7) is 2.24. The van der Waals surface area contributed by atoms with Gasteiger partial charge in [0.05, 0.1) is 0 Å². The lowest BCUT2D eigenvalue weighted by Gasteiger charge is -2.12. The standard InChI is InChI=1S/C15H13BrFNOS/c1-9-2-4-11(16)6-14(9)19-8-10-3-5-12(17)7-13(10)15(18)20/h2-7H,8H2,1H3,(H2,18,20). The first-order valence-corrected chi connectivity index (χ1v) is 7.14. The summed E-state index contributed by atoms with van der Waals surface area (Å²) in [6.07, 6.45) is 0. The second-order valence-electron chi connectivity index (χ2n) is 4.36. The Hall–Kier alpha value is -1.46. The van der Waals surface area contributed by atoms with Gasteiger partial charge in [0.2, 0.25) is 0 Å². The molecule has 2 N–H and O–H groups in total.